The summed E-state index contributed by atoms with van der Waals surface area (Å²) in [5.74, 6) is 0.805. The number of fused-ring (bicyclic) bond motifs is 1. The first-order valence-electron chi connectivity index (χ1n) is 9.78. The number of thiazole rings is 1. The largest absolute Gasteiger partial charge is 0.494 e. The fourth-order valence-electron chi connectivity index (χ4n) is 3.75. The lowest BCUT2D eigenvalue weighted by atomic mass is 10.1. The van der Waals surface area contributed by atoms with Crippen molar-refractivity contribution in [1.29, 1.82) is 0 Å². The summed E-state index contributed by atoms with van der Waals surface area (Å²) in [6.07, 6.45) is 0. The van der Waals surface area contributed by atoms with Crippen LogP contribution in [0.15, 0.2) is 30.3 Å². The fraction of sp³-hybridized carbons (Fsp3) is 0.364. The van der Waals surface area contributed by atoms with Crippen LogP contribution in [0.5, 0.6) is 5.75 Å². The van der Waals surface area contributed by atoms with E-state index in [1.807, 2.05) is 36.9 Å². The molecular weight excluding hydrogens is 384 g/mol. The summed E-state index contributed by atoms with van der Waals surface area (Å²) < 4.78 is 6.63. The number of hydrogen-bond donors (Lipinski definition) is 1. The molecule has 1 aliphatic rings. The molecule has 2 aromatic carbocycles. The van der Waals surface area contributed by atoms with Gasteiger partial charge in [-0.3, -0.25) is 0 Å². The average molecular weight is 411 g/mol. The van der Waals surface area contributed by atoms with Gasteiger partial charge in [0.25, 0.3) is 0 Å². The van der Waals surface area contributed by atoms with Gasteiger partial charge in [0.15, 0.2) is 5.13 Å². The summed E-state index contributed by atoms with van der Waals surface area (Å²) in [6.45, 7) is 9.04. The van der Waals surface area contributed by atoms with Gasteiger partial charge in [0.1, 0.15) is 11.3 Å². The Bertz CT molecular complexity index is 1030. The van der Waals surface area contributed by atoms with E-state index >= 15 is 0 Å². The zero-order valence-electron chi connectivity index (χ0n) is 17.3. The van der Waals surface area contributed by atoms with Crippen molar-refractivity contribution >= 4 is 38.4 Å². The Morgan fingerprint density at radius 1 is 1.07 bits per heavy atom. The SMILES string of the molecule is COc1ccc(C)c2sc(N3CCN(C(=O)Nc4cc(C)cc(C)c4)CC3)nc12. The Labute approximate surface area is 175 Å². The van der Waals surface area contributed by atoms with Crippen LogP contribution in [0.25, 0.3) is 10.2 Å². The van der Waals surface area contributed by atoms with Crippen molar-refractivity contribution in [3.63, 3.8) is 0 Å². The number of methoxy groups -OCH3 is 1. The molecule has 0 bridgehead atoms. The van der Waals surface area contributed by atoms with Gasteiger partial charge in [-0.05, 0) is 55.7 Å². The van der Waals surface area contributed by atoms with E-state index in [1.165, 1.54) is 5.56 Å². The number of aryl methyl sites for hydroxylation is 3. The molecule has 29 heavy (non-hydrogen) atoms. The van der Waals surface area contributed by atoms with Crippen LogP contribution in [0.3, 0.4) is 0 Å². The number of ether oxygens (including phenoxy) is 1. The maximum absolute atomic E-state index is 12.7. The molecule has 1 N–H and O–H groups in total. The van der Waals surface area contributed by atoms with Crippen molar-refractivity contribution in [3.8, 4) is 5.75 Å². The molecule has 1 aliphatic heterocycles. The van der Waals surface area contributed by atoms with E-state index in [4.69, 9.17) is 9.72 Å². The Kier molecular flexibility index (Phi) is 5.32. The van der Waals surface area contributed by atoms with Gasteiger partial charge < -0.3 is 19.9 Å². The maximum Gasteiger partial charge on any atom is 0.321 e. The number of anilines is 2. The molecule has 2 amide bonds. The summed E-state index contributed by atoms with van der Waals surface area (Å²) in [5.41, 5.74) is 5.26. The highest BCUT2D eigenvalue weighted by molar-refractivity contribution is 7.22. The van der Waals surface area contributed by atoms with Gasteiger partial charge in [0.2, 0.25) is 0 Å². The van der Waals surface area contributed by atoms with Crippen LogP contribution in [0.4, 0.5) is 15.6 Å². The zero-order chi connectivity index (χ0) is 20.5. The van der Waals surface area contributed by atoms with Gasteiger partial charge in [-0.25, -0.2) is 9.78 Å². The van der Waals surface area contributed by atoms with E-state index in [0.717, 1.165) is 51.0 Å². The molecular formula is C22H26N4O2S. The standard InChI is InChI=1S/C22H26N4O2S/c1-14-11-15(2)13-17(12-14)23-21(27)25-7-9-26(10-8-25)22-24-19-18(28-4)6-5-16(3)20(19)29-22/h5-6,11-13H,7-10H2,1-4H3,(H,23,27). The number of hydrogen-bond acceptors (Lipinski definition) is 5. The van der Waals surface area contributed by atoms with Crippen LogP contribution < -0.4 is 15.0 Å². The zero-order valence-corrected chi connectivity index (χ0v) is 18.1. The van der Waals surface area contributed by atoms with Crippen LogP contribution in [-0.4, -0.2) is 49.2 Å². The minimum atomic E-state index is -0.0449. The lowest BCUT2D eigenvalue weighted by Crippen LogP contribution is -2.50. The highest BCUT2D eigenvalue weighted by Gasteiger charge is 2.24. The topological polar surface area (TPSA) is 57.7 Å². The average Bonchev–Trinajstić information content (AvgIpc) is 3.14. The number of piperazine rings is 1. The quantitative estimate of drug-likeness (QED) is 0.686. The Morgan fingerprint density at radius 3 is 2.41 bits per heavy atom. The van der Waals surface area contributed by atoms with Crippen molar-refractivity contribution < 1.29 is 9.53 Å². The van der Waals surface area contributed by atoms with Crippen molar-refractivity contribution in [2.45, 2.75) is 20.8 Å². The van der Waals surface area contributed by atoms with Gasteiger partial charge >= 0.3 is 6.03 Å². The third-order valence-corrected chi connectivity index (χ3v) is 6.47. The highest BCUT2D eigenvalue weighted by atomic mass is 32.1. The smallest absolute Gasteiger partial charge is 0.321 e. The van der Waals surface area contributed by atoms with E-state index in [2.05, 4.69) is 29.3 Å². The lowest BCUT2D eigenvalue weighted by molar-refractivity contribution is 0.208. The second kappa shape index (κ2) is 7.91. The predicted molar refractivity (Wildman–Crippen MR) is 120 cm³/mol. The molecule has 7 heteroatoms. The summed E-state index contributed by atoms with van der Waals surface area (Å²) in [4.78, 5) is 21.6. The van der Waals surface area contributed by atoms with Crippen molar-refractivity contribution in [3.05, 3.63) is 47.0 Å². The first-order valence-corrected chi connectivity index (χ1v) is 10.6. The molecule has 4 rings (SSSR count). The second-order valence-electron chi connectivity index (χ2n) is 7.54. The van der Waals surface area contributed by atoms with Gasteiger partial charge in [0, 0.05) is 31.9 Å². The fourth-order valence-corrected chi connectivity index (χ4v) is 4.85. The molecule has 0 saturated carbocycles. The number of nitrogens with zero attached hydrogens (tertiary/aromatic N) is 3. The third-order valence-electron chi connectivity index (χ3n) is 5.22. The molecule has 2 heterocycles. The van der Waals surface area contributed by atoms with E-state index in [-0.39, 0.29) is 6.03 Å². The van der Waals surface area contributed by atoms with Crippen LogP contribution in [0.1, 0.15) is 16.7 Å². The van der Waals surface area contributed by atoms with Gasteiger partial charge in [0.05, 0.1) is 11.8 Å². The third kappa shape index (κ3) is 4.00. The summed E-state index contributed by atoms with van der Waals surface area (Å²) in [5, 5.41) is 4.02. The molecule has 0 spiro atoms. The molecule has 6 nitrogen and oxygen atoms in total. The molecule has 1 fully saturated rings. The van der Waals surface area contributed by atoms with Gasteiger partial charge in [-0.1, -0.05) is 23.5 Å². The van der Waals surface area contributed by atoms with Crippen LogP contribution in [0.2, 0.25) is 0 Å². The number of carbonyl (C=O) groups is 1. The number of benzene rings is 2. The monoisotopic (exact) mass is 410 g/mol. The first-order chi connectivity index (χ1) is 13.9. The number of rotatable bonds is 3. The number of carbonyl (C=O) groups excluding carboxylic acids is 1. The number of amides is 2. The Hall–Kier alpha value is -2.80. The number of aromatic nitrogens is 1. The summed E-state index contributed by atoms with van der Waals surface area (Å²) in [7, 11) is 1.68. The maximum atomic E-state index is 12.7. The number of nitrogens with one attached hydrogen (secondary N) is 1. The number of urea groups is 1. The van der Waals surface area contributed by atoms with E-state index in [0.29, 0.717) is 13.1 Å². The predicted octanol–water partition coefficient (Wildman–Crippen LogP) is 4.58. The van der Waals surface area contributed by atoms with Crippen LogP contribution in [0, 0.1) is 20.8 Å². The molecule has 0 aliphatic carbocycles. The normalized spacial score (nSPS) is 14.3. The molecule has 152 valence electrons. The highest BCUT2D eigenvalue weighted by Crippen LogP contribution is 2.36. The second-order valence-corrected chi connectivity index (χ2v) is 8.52. The lowest BCUT2D eigenvalue weighted by Gasteiger charge is -2.34. The molecule has 0 unspecified atom stereocenters. The Balaban J connectivity index is 1.43. The molecule has 3 aromatic rings. The summed E-state index contributed by atoms with van der Waals surface area (Å²) in [6, 6.07) is 10.1. The van der Waals surface area contributed by atoms with E-state index in [1.54, 1.807) is 18.4 Å². The van der Waals surface area contributed by atoms with E-state index in [9.17, 15) is 4.79 Å². The van der Waals surface area contributed by atoms with Gasteiger partial charge in [-0.2, -0.15) is 0 Å². The molecule has 0 atom stereocenters. The van der Waals surface area contributed by atoms with Crippen molar-refractivity contribution in [2.24, 2.45) is 0 Å². The minimum absolute atomic E-state index is 0.0449. The van der Waals surface area contributed by atoms with Crippen molar-refractivity contribution in [1.82, 2.24) is 9.88 Å². The minimum Gasteiger partial charge on any atom is -0.494 e. The molecule has 0 radical (unpaired) electrons. The van der Waals surface area contributed by atoms with Crippen molar-refractivity contribution in [2.75, 3.05) is 43.5 Å². The van der Waals surface area contributed by atoms with E-state index < -0.39 is 0 Å². The first kappa shape index (κ1) is 19.5. The van der Waals surface area contributed by atoms with Gasteiger partial charge in [-0.15, -0.1) is 0 Å². The van der Waals surface area contributed by atoms with Crippen LogP contribution >= 0.6 is 11.3 Å². The Morgan fingerprint density at radius 2 is 1.76 bits per heavy atom. The molecule has 1 aromatic heterocycles. The van der Waals surface area contributed by atoms with Crippen LogP contribution in [-0.2, 0) is 0 Å². The summed E-state index contributed by atoms with van der Waals surface area (Å²) >= 11 is 1.69. The molecule has 1 saturated heterocycles.